The number of hydrogen-bond donors (Lipinski definition) is 1. The van der Waals surface area contributed by atoms with Crippen molar-refractivity contribution in [2.24, 2.45) is 5.92 Å². The second kappa shape index (κ2) is 6.86. The highest BCUT2D eigenvalue weighted by molar-refractivity contribution is 5.72. The Balaban J connectivity index is 2.22. The summed E-state index contributed by atoms with van der Waals surface area (Å²) in [6.07, 6.45) is 2.07. The molecule has 1 N–H and O–H groups in total. The molecule has 0 amide bonds. The maximum absolute atomic E-state index is 11.7. The molecule has 1 unspecified atom stereocenters. The minimum absolute atomic E-state index is 0.0420. The molecule has 0 radical (unpaired) electrons. The SMILES string of the molecule is CCNCC(C)C(=O)OC1CCN(C)CC1. The number of piperidine rings is 1. The van der Waals surface area contributed by atoms with Gasteiger partial charge in [0.15, 0.2) is 0 Å². The molecule has 0 aromatic carbocycles. The summed E-state index contributed by atoms with van der Waals surface area (Å²) < 4.78 is 5.49. The Kier molecular flexibility index (Phi) is 5.77. The summed E-state index contributed by atoms with van der Waals surface area (Å²) in [5.74, 6) is -0.102. The Morgan fingerprint density at radius 2 is 2.12 bits per heavy atom. The van der Waals surface area contributed by atoms with Crippen molar-refractivity contribution < 1.29 is 9.53 Å². The first-order chi connectivity index (χ1) is 7.63. The Bertz CT molecular complexity index is 213. The van der Waals surface area contributed by atoms with Crippen LogP contribution in [0.3, 0.4) is 0 Å². The predicted molar refractivity (Wildman–Crippen MR) is 64.3 cm³/mol. The van der Waals surface area contributed by atoms with E-state index in [0.29, 0.717) is 6.54 Å². The van der Waals surface area contributed by atoms with Gasteiger partial charge in [-0.15, -0.1) is 0 Å². The van der Waals surface area contributed by atoms with Gasteiger partial charge < -0.3 is 15.0 Å². The van der Waals surface area contributed by atoms with Crippen LogP contribution in [0.15, 0.2) is 0 Å². The van der Waals surface area contributed by atoms with Crippen molar-refractivity contribution in [3.63, 3.8) is 0 Å². The normalized spacial score (nSPS) is 20.7. The minimum atomic E-state index is -0.0597. The molecule has 4 heteroatoms. The summed E-state index contributed by atoms with van der Waals surface area (Å²) in [5, 5.41) is 3.16. The first-order valence-electron chi connectivity index (χ1n) is 6.23. The summed E-state index contributed by atoms with van der Waals surface area (Å²) in [6, 6.07) is 0. The molecule has 0 aromatic heterocycles. The van der Waals surface area contributed by atoms with Gasteiger partial charge >= 0.3 is 5.97 Å². The number of hydrogen-bond acceptors (Lipinski definition) is 4. The average Bonchev–Trinajstić information content (AvgIpc) is 2.29. The number of rotatable bonds is 5. The topological polar surface area (TPSA) is 41.6 Å². The molecule has 4 nitrogen and oxygen atoms in total. The number of likely N-dealkylation sites (tertiary alicyclic amines) is 1. The lowest BCUT2D eigenvalue weighted by molar-refractivity contribution is -0.155. The first kappa shape index (κ1) is 13.5. The van der Waals surface area contributed by atoms with Crippen molar-refractivity contribution in [2.45, 2.75) is 32.8 Å². The average molecular weight is 228 g/mol. The lowest BCUT2D eigenvalue weighted by atomic mass is 10.1. The van der Waals surface area contributed by atoms with Crippen molar-refractivity contribution in [1.29, 1.82) is 0 Å². The van der Waals surface area contributed by atoms with Gasteiger partial charge in [-0.1, -0.05) is 13.8 Å². The van der Waals surface area contributed by atoms with Crippen LogP contribution in [-0.4, -0.2) is 50.2 Å². The first-order valence-corrected chi connectivity index (χ1v) is 6.23. The molecule has 1 fully saturated rings. The van der Waals surface area contributed by atoms with E-state index in [-0.39, 0.29) is 18.0 Å². The molecular formula is C12H24N2O2. The summed E-state index contributed by atoms with van der Waals surface area (Å²) in [5.41, 5.74) is 0. The molecule has 94 valence electrons. The lowest BCUT2D eigenvalue weighted by Crippen LogP contribution is -2.37. The maximum Gasteiger partial charge on any atom is 0.310 e. The molecule has 1 heterocycles. The van der Waals surface area contributed by atoms with Crippen LogP contribution in [0.25, 0.3) is 0 Å². The molecule has 16 heavy (non-hydrogen) atoms. The Labute approximate surface area is 98.3 Å². The van der Waals surface area contributed by atoms with E-state index >= 15 is 0 Å². The minimum Gasteiger partial charge on any atom is -0.462 e. The van der Waals surface area contributed by atoms with Crippen molar-refractivity contribution in [3.8, 4) is 0 Å². The summed E-state index contributed by atoms with van der Waals surface area (Å²) in [6.45, 7) is 7.61. The molecule has 0 saturated carbocycles. The quantitative estimate of drug-likeness (QED) is 0.709. The zero-order valence-corrected chi connectivity index (χ0v) is 10.7. The Morgan fingerprint density at radius 3 is 2.69 bits per heavy atom. The van der Waals surface area contributed by atoms with Crippen LogP contribution >= 0.6 is 0 Å². The molecule has 0 aliphatic carbocycles. The Morgan fingerprint density at radius 1 is 1.50 bits per heavy atom. The second-order valence-electron chi connectivity index (χ2n) is 4.65. The van der Waals surface area contributed by atoms with Crippen LogP contribution < -0.4 is 5.32 Å². The van der Waals surface area contributed by atoms with Gasteiger partial charge in [-0.25, -0.2) is 0 Å². The number of esters is 1. The van der Waals surface area contributed by atoms with E-state index in [1.165, 1.54) is 0 Å². The van der Waals surface area contributed by atoms with Gasteiger partial charge in [0, 0.05) is 19.6 Å². The van der Waals surface area contributed by atoms with Gasteiger partial charge in [0.1, 0.15) is 6.10 Å². The predicted octanol–water partition coefficient (Wildman–Crippen LogP) is 0.869. The van der Waals surface area contributed by atoms with Crippen molar-refractivity contribution >= 4 is 5.97 Å². The molecule has 0 aromatic rings. The monoisotopic (exact) mass is 228 g/mol. The number of carbonyl (C=O) groups excluding carboxylic acids is 1. The van der Waals surface area contributed by atoms with Gasteiger partial charge in [-0.3, -0.25) is 4.79 Å². The standard InChI is InChI=1S/C12H24N2O2/c1-4-13-9-10(2)12(15)16-11-5-7-14(3)8-6-11/h10-11,13H,4-9H2,1-3H3. The van der Waals surface area contributed by atoms with Crippen LogP contribution in [0.4, 0.5) is 0 Å². The summed E-state index contributed by atoms with van der Waals surface area (Å²) in [4.78, 5) is 14.0. The fraction of sp³-hybridized carbons (Fsp3) is 0.917. The summed E-state index contributed by atoms with van der Waals surface area (Å²) in [7, 11) is 2.10. The third-order valence-corrected chi connectivity index (χ3v) is 3.05. The molecule has 1 rings (SSSR count). The highest BCUT2D eigenvalue weighted by atomic mass is 16.5. The van der Waals surface area contributed by atoms with E-state index in [1.807, 2.05) is 13.8 Å². The van der Waals surface area contributed by atoms with Crippen molar-refractivity contribution in [2.75, 3.05) is 33.2 Å². The zero-order valence-electron chi connectivity index (χ0n) is 10.7. The van der Waals surface area contributed by atoms with Gasteiger partial charge in [-0.05, 0) is 26.4 Å². The van der Waals surface area contributed by atoms with Gasteiger partial charge in [0.25, 0.3) is 0 Å². The number of nitrogens with one attached hydrogen (secondary N) is 1. The van der Waals surface area contributed by atoms with E-state index in [0.717, 1.165) is 32.5 Å². The van der Waals surface area contributed by atoms with Gasteiger partial charge in [0.2, 0.25) is 0 Å². The van der Waals surface area contributed by atoms with E-state index in [2.05, 4.69) is 17.3 Å². The molecule has 1 saturated heterocycles. The molecule has 1 aliphatic rings. The van der Waals surface area contributed by atoms with Crippen LogP contribution in [0.5, 0.6) is 0 Å². The molecule has 0 spiro atoms. The van der Waals surface area contributed by atoms with Crippen LogP contribution in [0.2, 0.25) is 0 Å². The van der Waals surface area contributed by atoms with Crippen LogP contribution in [0.1, 0.15) is 26.7 Å². The van der Waals surface area contributed by atoms with Crippen molar-refractivity contribution in [3.05, 3.63) is 0 Å². The third kappa shape index (κ3) is 4.49. The van der Waals surface area contributed by atoms with E-state index in [9.17, 15) is 4.79 Å². The van der Waals surface area contributed by atoms with Gasteiger partial charge in [0.05, 0.1) is 5.92 Å². The molecule has 1 atom stereocenters. The van der Waals surface area contributed by atoms with Crippen LogP contribution in [-0.2, 0) is 9.53 Å². The third-order valence-electron chi connectivity index (χ3n) is 3.05. The smallest absolute Gasteiger partial charge is 0.310 e. The maximum atomic E-state index is 11.7. The van der Waals surface area contributed by atoms with E-state index in [1.54, 1.807) is 0 Å². The molecular weight excluding hydrogens is 204 g/mol. The number of carbonyl (C=O) groups is 1. The number of ether oxygens (including phenoxy) is 1. The largest absolute Gasteiger partial charge is 0.462 e. The number of nitrogens with zero attached hydrogens (tertiary/aromatic N) is 1. The highest BCUT2D eigenvalue weighted by Crippen LogP contribution is 2.13. The highest BCUT2D eigenvalue weighted by Gasteiger charge is 2.22. The Hall–Kier alpha value is -0.610. The molecule has 0 bridgehead atoms. The summed E-state index contributed by atoms with van der Waals surface area (Å²) >= 11 is 0. The van der Waals surface area contributed by atoms with Gasteiger partial charge in [-0.2, -0.15) is 0 Å². The zero-order chi connectivity index (χ0) is 12.0. The lowest BCUT2D eigenvalue weighted by Gasteiger charge is -2.29. The molecule has 1 aliphatic heterocycles. The van der Waals surface area contributed by atoms with E-state index in [4.69, 9.17) is 4.74 Å². The van der Waals surface area contributed by atoms with Crippen molar-refractivity contribution in [1.82, 2.24) is 10.2 Å². The fourth-order valence-electron chi connectivity index (χ4n) is 1.83. The second-order valence-corrected chi connectivity index (χ2v) is 4.65. The van der Waals surface area contributed by atoms with E-state index < -0.39 is 0 Å². The fourth-order valence-corrected chi connectivity index (χ4v) is 1.83. The van der Waals surface area contributed by atoms with Crippen LogP contribution in [0, 0.1) is 5.92 Å².